The minimum Gasteiger partial charge on any atom is -0.496 e. The van der Waals surface area contributed by atoms with Crippen LogP contribution in [0.4, 0.5) is 20.4 Å². The van der Waals surface area contributed by atoms with Crippen molar-refractivity contribution < 1.29 is 17.7 Å². The molecular weight excluding hydrogens is 424 g/mol. The van der Waals surface area contributed by atoms with Gasteiger partial charge in [0.2, 0.25) is 5.95 Å². The van der Waals surface area contributed by atoms with Gasteiger partial charge in [-0.1, -0.05) is 6.07 Å². The van der Waals surface area contributed by atoms with Crippen molar-refractivity contribution in [3.63, 3.8) is 0 Å². The molecule has 3 rings (SSSR count). The summed E-state index contributed by atoms with van der Waals surface area (Å²) in [5.74, 6) is -0.970. The van der Waals surface area contributed by atoms with Crippen LogP contribution in [0.25, 0.3) is 11.3 Å². The lowest BCUT2D eigenvalue weighted by Crippen LogP contribution is -2.18. The highest BCUT2D eigenvalue weighted by molar-refractivity contribution is 7.99. The van der Waals surface area contributed by atoms with Gasteiger partial charge in [-0.25, -0.2) is 27.7 Å². The van der Waals surface area contributed by atoms with Crippen LogP contribution in [-0.2, 0) is 9.71 Å². The lowest BCUT2D eigenvalue weighted by Gasteiger charge is -2.12. The van der Waals surface area contributed by atoms with Gasteiger partial charge in [-0.3, -0.25) is 0 Å². The largest absolute Gasteiger partial charge is 0.496 e. The lowest BCUT2D eigenvalue weighted by molar-refractivity contribution is 0.412. The monoisotopic (exact) mass is 443 g/mol. The van der Waals surface area contributed by atoms with E-state index >= 15 is 0 Å². The maximum absolute atomic E-state index is 14.4. The van der Waals surface area contributed by atoms with Crippen LogP contribution < -0.4 is 14.8 Å². The molecule has 7 nitrogen and oxygen atoms in total. The molecule has 1 heterocycles. The van der Waals surface area contributed by atoms with Crippen molar-refractivity contribution in [2.75, 3.05) is 18.7 Å². The Morgan fingerprint density at radius 1 is 1.23 bits per heavy atom. The molecule has 10 heteroatoms. The molecule has 0 bridgehead atoms. The third-order valence-electron chi connectivity index (χ3n) is 4.13. The summed E-state index contributed by atoms with van der Waals surface area (Å²) in [5.41, 5.74) is 2.26. The van der Waals surface area contributed by atoms with Crippen LogP contribution >= 0.6 is 0 Å². The fourth-order valence-corrected chi connectivity index (χ4v) is 3.83. The molecule has 0 radical (unpaired) electrons. The van der Waals surface area contributed by atoms with Crippen LogP contribution in [0.15, 0.2) is 42.6 Å². The number of rotatable bonds is 6. The number of hydrogen-bond acceptors (Lipinski definition) is 6. The van der Waals surface area contributed by atoms with Gasteiger partial charge in [0.05, 0.1) is 23.0 Å². The average Bonchev–Trinajstić information content (AvgIpc) is 2.68. The molecular formula is C21H19F2N5O2S. The molecule has 0 amide bonds. The zero-order chi connectivity index (χ0) is 22.6. The van der Waals surface area contributed by atoms with Crippen molar-refractivity contribution in [2.45, 2.75) is 6.92 Å². The van der Waals surface area contributed by atoms with E-state index in [9.17, 15) is 13.0 Å². The Labute approximate surface area is 178 Å². The molecule has 0 saturated heterocycles. The predicted molar refractivity (Wildman–Crippen MR) is 116 cm³/mol. The van der Waals surface area contributed by atoms with Crippen molar-refractivity contribution in [1.29, 1.82) is 5.26 Å². The summed E-state index contributed by atoms with van der Waals surface area (Å²) < 4.78 is 47.7. The normalized spacial score (nSPS) is 12.4. The molecule has 1 aromatic heterocycles. The summed E-state index contributed by atoms with van der Waals surface area (Å²) in [5, 5.41) is 13.2. The van der Waals surface area contributed by atoms with Crippen LogP contribution in [0.2, 0.25) is 0 Å². The number of anilines is 2. The van der Waals surface area contributed by atoms with Gasteiger partial charge >= 0.3 is 0 Å². The van der Waals surface area contributed by atoms with Crippen LogP contribution in [0, 0.1) is 30.0 Å². The molecule has 2 aromatic carbocycles. The summed E-state index contributed by atoms with van der Waals surface area (Å²) in [7, 11) is -1.33. The van der Waals surface area contributed by atoms with E-state index in [1.165, 1.54) is 30.9 Å². The number of halogens is 2. The molecule has 1 atom stereocenters. The van der Waals surface area contributed by atoms with Crippen molar-refractivity contribution in [3.05, 3.63) is 65.4 Å². The molecule has 0 aliphatic carbocycles. The smallest absolute Gasteiger partial charge is 0.227 e. The SMILES string of the molecule is COc1cc(F)ccc1-c1nc(Nc2cc(C)cc(C=S(C)(=O)NC#N)c2)ncc1F. The summed E-state index contributed by atoms with van der Waals surface area (Å²) >= 11 is 0. The maximum Gasteiger partial charge on any atom is 0.227 e. The average molecular weight is 443 g/mol. The highest BCUT2D eigenvalue weighted by atomic mass is 32.2. The van der Waals surface area contributed by atoms with E-state index in [1.54, 1.807) is 24.4 Å². The second kappa shape index (κ2) is 8.97. The zero-order valence-electron chi connectivity index (χ0n) is 16.9. The first-order valence-corrected chi connectivity index (χ1v) is 11.0. The highest BCUT2D eigenvalue weighted by Gasteiger charge is 2.15. The van der Waals surface area contributed by atoms with E-state index < -0.39 is 21.3 Å². The van der Waals surface area contributed by atoms with Crippen LogP contribution in [0.5, 0.6) is 5.75 Å². The van der Waals surface area contributed by atoms with Crippen LogP contribution in [0.1, 0.15) is 11.1 Å². The lowest BCUT2D eigenvalue weighted by atomic mass is 10.1. The van der Waals surface area contributed by atoms with Gasteiger partial charge in [-0.05, 0) is 42.3 Å². The quantitative estimate of drug-likeness (QED) is 0.343. The molecule has 0 aliphatic rings. The Kier molecular flexibility index (Phi) is 6.36. The first-order valence-electron chi connectivity index (χ1n) is 8.96. The van der Waals surface area contributed by atoms with Gasteiger partial charge in [0.25, 0.3) is 0 Å². The topological polar surface area (TPSA) is 99.9 Å². The molecule has 0 spiro atoms. The van der Waals surface area contributed by atoms with Crippen molar-refractivity contribution in [3.8, 4) is 23.2 Å². The Bertz CT molecular complexity index is 1300. The first kappa shape index (κ1) is 22.0. The van der Waals surface area contributed by atoms with E-state index in [-0.39, 0.29) is 23.0 Å². The summed E-state index contributed by atoms with van der Waals surface area (Å²) in [6.45, 7) is 1.85. The van der Waals surface area contributed by atoms with Gasteiger partial charge in [0, 0.05) is 28.9 Å². The number of methoxy groups -OCH3 is 1. The second-order valence-corrected chi connectivity index (χ2v) is 8.98. The molecule has 2 N–H and O–H groups in total. The van der Waals surface area contributed by atoms with Gasteiger partial charge < -0.3 is 10.1 Å². The number of benzene rings is 2. The van der Waals surface area contributed by atoms with E-state index in [2.05, 4.69) is 20.0 Å². The summed E-state index contributed by atoms with van der Waals surface area (Å²) in [6, 6.07) is 9.01. The van der Waals surface area contributed by atoms with Crippen molar-refractivity contribution in [2.24, 2.45) is 0 Å². The second-order valence-electron chi connectivity index (χ2n) is 6.73. The van der Waals surface area contributed by atoms with Gasteiger partial charge in [-0.15, -0.1) is 0 Å². The molecule has 0 saturated carbocycles. The molecule has 0 aliphatic heterocycles. The third-order valence-corrected chi connectivity index (χ3v) is 5.35. The van der Waals surface area contributed by atoms with E-state index in [0.717, 1.165) is 17.8 Å². The molecule has 0 fully saturated rings. The fourth-order valence-electron chi connectivity index (χ4n) is 2.94. The fraction of sp³-hybridized carbons (Fsp3) is 0.143. The summed E-state index contributed by atoms with van der Waals surface area (Å²) in [6.07, 6.45) is 4.10. The van der Waals surface area contributed by atoms with Crippen LogP contribution in [-0.4, -0.2) is 32.9 Å². The van der Waals surface area contributed by atoms with Gasteiger partial charge in [0.1, 0.15) is 17.3 Å². The van der Waals surface area contributed by atoms with Gasteiger partial charge in [-0.2, -0.15) is 5.26 Å². The van der Waals surface area contributed by atoms with E-state index in [0.29, 0.717) is 11.3 Å². The number of aryl methyl sites for hydroxylation is 1. The minimum atomic E-state index is -2.69. The van der Waals surface area contributed by atoms with E-state index in [4.69, 9.17) is 10.00 Å². The number of nitrogens with zero attached hydrogens (tertiary/aromatic N) is 3. The third kappa shape index (κ3) is 5.46. The Morgan fingerprint density at radius 3 is 2.71 bits per heavy atom. The molecule has 160 valence electrons. The van der Waals surface area contributed by atoms with Gasteiger partial charge in [0.15, 0.2) is 12.0 Å². The molecule has 3 aromatic rings. The standard InChI is InChI=1S/C21H19F2N5O2S/c1-13-6-14(11-31(3,29)26-12-24)8-16(7-13)27-21-25-10-18(23)20(28-21)17-5-4-15(22)9-19(17)30-2/h4-11H,1-3H3,(H,26,29)(H,25,27,28). The summed E-state index contributed by atoms with van der Waals surface area (Å²) in [4.78, 5) is 8.18. The number of nitriles is 1. The number of ether oxygens (including phenoxy) is 1. The van der Waals surface area contributed by atoms with Crippen molar-refractivity contribution >= 4 is 26.7 Å². The predicted octanol–water partition coefficient (Wildman–Crippen LogP) is 3.53. The highest BCUT2D eigenvalue weighted by Crippen LogP contribution is 2.31. The Hall–Kier alpha value is -3.71. The number of hydrogen-bond donors (Lipinski definition) is 2. The molecule has 31 heavy (non-hydrogen) atoms. The minimum absolute atomic E-state index is 0.0522. The van der Waals surface area contributed by atoms with Crippen LogP contribution in [0.3, 0.4) is 0 Å². The maximum atomic E-state index is 14.4. The molecule has 1 unspecified atom stereocenters. The number of nitrogens with one attached hydrogen (secondary N) is 2. The Balaban J connectivity index is 1.99. The van der Waals surface area contributed by atoms with Crippen molar-refractivity contribution in [1.82, 2.24) is 14.7 Å². The Morgan fingerprint density at radius 2 is 2.00 bits per heavy atom. The van der Waals surface area contributed by atoms with E-state index in [1.807, 2.05) is 6.92 Å². The zero-order valence-corrected chi connectivity index (χ0v) is 17.8. The number of aromatic nitrogens is 2. The first-order chi connectivity index (χ1) is 14.7.